The maximum Gasteiger partial charge on any atom is 0.416 e. The second-order valence-corrected chi connectivity index (χ2v) is 7.95. The van der Waals surface area contributed by atoms with Crippen molar-refractivity contribution in [1.82, 2.24) is 9.78 Å². The SMILES string of the molecule is O=C(O)c1ccc(-n2cc(CNc3cc(C(F)(F)F)cc(C(F)(F)F)c3)c(-c3ccc(F)cc3)n2)cc1. The van der Waals surface area contributed by atoms with Crippen LogP contribution >= 0.6 is 0 Å². The Morgan fingerprint density at radius 2 is 1.43 bits per heavy atom. The van der Waals surface area contributed by atoms with Crippen molar-refractivity contribution in [3.05, 3.63) is 101 Å². The van der Waals surface area contributed by atoms with Gasteiger partial charge in [0.05, 0.1) is 28.1 Å². The Hall–Kier alpha value is -4.35. The standard InChI is InChI=1S/C25H16F7N3O2/c26-19-5-1-14(2-6-19)22-16(13-35(34-22)21-7-3-15(4-8-21)23(36)37)12-33-20-10-17(24(27,28)29)9-18(11-20)25(30,31)32/h1-11,13,33H,12H2,(H,36,37). The predicted molar refractivity (Wildman–Crippen MR) is 120 cm³/mol. The van der Waals surface area contributed by atoms with Crippen LogP contribution in [0.1, 0.15) is 27.0 Å². The summed E-state index contributed by atoms with van der Waals surface area (Å²) in [6.07, 6.45) is -8.51. The number of alkyl halides is 6. The number of hydrogen-bond acceptors (Lipinski definition) is 3. The fourth-order valence-electron chi connectivity index (χ4n) is 3.53. The van der Waals surface area contributed by atoms with E-state index in [1.165, 1.54) is 59.4 Å². The summed E-state index contributed by atoms with van der Waals surface area (Å²) in [6, 6.07) is 12.0. The van der Waals surface area contributed by atoms with Crippen molar-refractivity contribution in [1.29, 1.82) is 0 Å². The summed E-state index contributed by atoms with van der Waals surface area (Å²) >= 11 is 0. The summed E-state index contributed by atoms with van der Waals surface area (Å²) in [4.78, 5) is 11.1. The Labute approximate surface area is 204 Å². The molecule has 0 aliphatic heterocycles. The number of benzene rings is 3. The van der Waals surface area contributed by atoms with Gasteiger partial charge in [0.2, 0.25) is 0 Å². The number of carboxylic acids is 1. The summed E-state index contributed by atoms with van der Waals surface area (Å²) in [5, 5.41) is 16.1. The minimum absolute atomic E-state index is 0.0292. The summed E-state index contributed by atoms with van der Waals surface area (Å²) in [5.74, 6) is -1.65. The van der Waals surface area contributed by atoms with Crippen LogP contribution in [0.25, 0.3) is 16.9 Å². The third-order valence-corrected chi connectivity index (χ3v) is 5.36. The van der Waals surface area contributed by atoms with Gasteiger partial charge in [0.1, 0.15) is 5.82 Å². The molecule has 1 heterocycles. The van der Waals surface area contributed by atoms with Gasteiger partial charge in [0.25, 0.3) is 0 Å². The molecule has 0 atom stereocenters. The fourth-order valence-corrected chi connectivity index (χ4v) is 3.53. The van der Waals surface area contributed by atoms with E-state index in [1.807, 2.05) is 0 Å². The summed E-state index contributed by atoms with van der Waals surface area (Å²) in [5.41, 5.74) is -1.75. The summed E-state index contributed by atoms with van der Waals surface area (Å²) in [6.45, 7) is -0.224. The van der Waals surface area contributed by atoms with E-state index in [0.29, 0.717) is 28.9 Å². The van der Waals surface area contributed by atoms with E-state index in [-0.39, 0.29) is 23.9 Å². The molecular weight excluding hydrogens is 507 g/mol. The normalized spacial score (nSPS) is 12.0. The van der Waals surface area contributed by atoms with Crippen molar-refractivity contribution in [3.63, 3.8) is 0 Å². The molecule has 0 saturated carbocycles. The quantitative estimate of drug-likeness (QED) is 0.267. The number of anilines is 1. The van der Waals surface area contributed by atoms with E-state index < -0.39 is 41.0 Å². The third-order valence-electron chi connectivity index (χ3n) is 5.36. The topological polar surface area (TPSA) is 67.2 Å². The molecule has 0 amide bonds. The number of hydrogen-bond donors (Lipinski definition) is 2. The van der Waals surface area contributed by atoms with Crippen molar-refractivity contribution in [2.75, 3.05) is 5.32 Å². The molecule has 0 fully saturated rings. The van der Waals surface area contributed by atoms with Crippen LogP contribution in [0.2, 0.25) is 0 Å². The number of aromatic nitrogens is 2. The Balaban J connectivity index is 1.72. The predicted octanol–water partition coefficient (Wildman–Crippen LogP) is 7.03. The first kappa shape index (κ1) is 25.7. The highest BCUT2D eigenvalue weighted by Crippen LogP contribution is 2.38. The molecule has 1 aromatic heterocycles. The molecular formula is C25H16F7N3O2. The van der Waals surface area contributed by atoms with Crippen LogP contribution in [0.3, 0.4) is 0 Å². The van der Waals surface area contributed by atoms with Crippen LogP contribution in [-0.4, -0.2) is 20.9 Å². The number of halogens is 7. The molecule has 192 valence electrons. The lowest BCUT2D eigenvalue weighted by atomic mass is 10.1. The molecule has 3 aromatic carbocycles. The summed E-state index contributed by atoms with van der Waals surface area (Å²) in [7, 11) is 0. The molecule has 4 aromatic rings. The van der Waals surface area contributed by atoms with Crippen molar-refractivity contribution >= 4 is 11.7 Å². The molecule has 12 heteroatoms. The van der Waals surface area contributed by atoms with Gasteiger partial charge in [0, 0.05) is 29.6 Å². The van der Waals surface area contributed by atoms with Gasteiger partial charge in [-0.25, -0.2) is 13.9 Å². The van der Waals surface area contributed by atoms with Crippen molar-refractivity contribution < 1.29 is 40.6 Å². The Kier molecular flexibility index (Phi) is 6.68. The van der Waals surface area contributed by atoms with E-state index in [4.69, 9.17) is 5.11 Å². The number of carbonyl (C=O) groups is 1. The molecule has 4 rings (SSSR count). The average Bonchev–Trinajstić information content (AvgIpc) is 3.26. The molecule has 2 N–H and O–H groups in total. The van der Waals surface area contributed by atoms with Crippen molar-refractivity contribution in [2.24, 2.45) is 0 Å². The lowest BCUT2D eigenvalue weighted by Crippen LogP contribution is -2.12. The number of nitrogens with one attached hydrogen (secondary N) is 1. The zero-order chi connectivity index (χ0) is 27.0. The molecule has 0 radical (unpaired) electrons. The second kappa shape index (κ2) is 9.60. The highest BCUT2D eigenvalue weighted by atomic mass is 19.4. The van der Waals surface area contributed by atoms with Gasteiger partial charge < -0.3 is 10.4 Å². The number of carboxylic acid groups (broad SMARTS) is 1. The molecule has 0 aliphatic carbocycles. The van der Waals surface area contributed by atoms with Crippen LogP contribution in [-0.2, 0) is 18.9 Å². The molecule has 0 spiro atoms. The van der Waals surface area contributed by atoms with Crippen LogP contribution in [0.15, 0.2) is 72.9 Å². The van der Waals surface area contributed by atoms with Gasteiger partial charge in [-0.05, 0) is 66.7 Å². The fraction of sp³-hybridized carbons (Fsp3) is 0.120. The van der Waals surface area contributed by atoms with Crippen molar-refractivity contribution in [3.8, 4) is 16.9 Å². The summed E-state index contributed by atoms with van der Waals surface area (Å²) < 4.78 is 94.1. The van der Waals surface area contributed by atoms with Gasteiger partial charge in [0.15, 0.2) is 0 Å². The third kappa shape index (κ3) is 5.90. The maximum atomic E-state index is 13.4. The zero-order valence-corrected chi connectivity index (χ0v) is 18.5. The van der Waals surface area contributed by atoms with E-state index >= 15 is 0 Å². The van der Waals surface area contributed by atoms with E-state index in [9.17, 15) is 35.5 Å². The van der Waals surface area contributed by atoms with E-state index in [0.717, 1.165) is 0 Å². The first-order valence-electron chi connectivity index (χ1n) is 10.5. The first-order valence-corrected chi connectivity index (χ1v) is 10.5. The van der Waals surface area contributed by atoms with E-state index in [1.54, 1.807) is 0 Å². The average molecular weight is 523 g/mol. The number of nitrogens with zero attached hydrogens (tertiary/aromatic N) is 2. The molecule has 0 bridgehead atoms. The maximum absolute atomic E-state index is 13.4. The lowest BCUT2D eigenvalue weighted by molar-refractivity contribution is -0.143. The van der Waals surface area contributed by atoms with Crippen LogP contribution < -0.4 is 5.32 Å². The lowest BCUT2D eigenvalue weighted by Gasteiger charge is -2.15. The molecule has 0 aliphatic rings. The Morgan fingerprint density at radius 3 is 1.95 bits per heavy atom. The van der Waals surface area contributed by atoms with Gasteiger partial charge in [-0.1, -0.05) is 0 Å². The molecule has 5 nitrogen and oxygen atoms in total. The van der Waals surface area contributed by atoms with Gasteiger partial charge in [-0.2, -0.15) is 31.4 Å². The van der Waals surface area contributed by atoms with Gasteiger partial charge in [-0.3, -0.25) is 0 Å². The van der Waals surface area contributed by atoms with E-state index in [2.05, 4.69) is 10.4 Å². The zero-order valence-electron chi connectivity index (χ0n) is 18.5. The minimum atomic E-state index is -5.00. The Bertz CT molecular complexity index is 1390. The minimum Gasteiger partial charge on any atom is -0.478 e. The Morgan fingerprint density at radius 1 is 0.865 bits per heavy atom. The van der Waals surface area contributed by atoms with Crippen LogP contribution in [0.4, 0.5) is 36.4 Å². The second-order valence-electron chi connectivity index (χ2n) is 7.95. The van der Waals surface area contributed by atoms with Gasteiger partial charge in [-0.15, -0.1) is 0 Å². The highest BCUT2D eigenvalue weighted by Gasteiger charge is 2.37. The first-order chi connectivity index (χ1) is 17.3. The number of rotatable bonds is 6. The van der Waals surface area contributed by atoms with Crippen LogP contribution in [0.5, 0.6) is 0 Å². The molecule has 0 saturated heterocycles. The largest absolute Gasteiger partial charge is 0.478 e. The monoisotopic (exact) mass is 523 g/mol. The van der Waals surface area contributed by atoms with Crippen molar-refractivity contribution in [2.45, 2.75) is 18.9 Å². The molecule has 0 unspecified atom stereocenters. The van der Waals surface area contributed by atoms with Gasteiger partial charge >= 0.3 is 18.3 Å². The number of aromatic carboxylic acids is 1. The smallest absolute Gasteiger partial charge is 0.416 e. The molecule has 37 heavy (non-hydrogen) atoms. The highest BCUT2D eigenvalue weighted by molar-refractivity contribution is 5.87. The van der Waals surface area contributed by atoms with Crippen LogP contribution in [0, 0.1) is 5.82 Å².